The third-order valence-electron chi connectivity index (χ3n) is 5.12. The number of hydrogen-bond acceptors (Lipinski definition) is 5. The average molecular weight is 397 g/mol. The van der Waals surface area contributed by atoms with Crippen LogP contribution in [0.15, 0.2) is 42.5 Å². The Morgan fingerprint density at radius 3 is 1.72 bits per heavy atom. The molecule has 0 aliphatic carbocycles. The maximum absolute atomic E-state index is 12.8. The third-order valence-corrected chi connectivity index (χ3v) is 5.12. The molecule has 0 N–H and O–H groups in total. The van der Waals surface area contributed by atoms with Gasteiger partial charge in [0, 0.05) is 57.1 Å². The molecule has 7 nitrogen and oxygen atoms in total. The molecule has 1 heterocycles. The van der Waals surface area contributed by atoms with Gasteiger partial charge in [0.15, 0.2) is 11.5 Å². The van der Waals surface area contributed by atoms with Crippen molar-refractivity contribution in [3.8, 4) is 11.5 Å². The van der Waals surface area contributed by atoms with E-state index in [4.69, 9.17) is 9.47 Å². The molecule has 2 amide bonds. The van der Waals surface area contributed by atoms with Crippen molar-refractivity contribution in [3.63, 3.8) is 0 Å². The summed E-state index contributed by atoms with van der Waals surface area (Å²) >= 11 is 0. The van der Waals surface area contributed by atoms with Gasteiger partial charge in [0.25, 0.3) is 11.8 Å². The Kier molecular flexibility index (Phi) is 6.26. The number of carbonyl (C=O) groups is 2. The quantitative estimate of drug-likeness (QED) is 0.775. The molecule has 2 aromatic carbocycles. The van der Waals surface area contributed by atoms with Crippen molar-refractivity contribution in [2.24, 2.45) is 0 Å². The van der Waals surface area contributed by atoms with E-state index in [1.54, 1.807) is 42.2 Å². The number of methoxy groups -OCH3 is 2. The van der Waals surface area contributed by atoms with Crippen molar-refractivity contribution < 1.29 is 19.1 Å². The highest BCUT2D eigenvalue weighted by molar-refractivity contribution is 5.96. The molecule has 7 heteroatoms. The highest BCUT2D eigenvalue weighted by Crippen LogP contribution is 2.28. The Bertz CT molecular complexity index is 872. The van der Waals surface area contributed by atoms with Crippen LogP contribution in [-0.4, -0.2) is 76.1 Å². The standard InChI is InChI=1S/C22H27N3O4/c1-23(2)18-8-5-16(6-9-18)21(26)24-11-13-25(14-12-24)22(27)17-7-10-19(28-3)20(15-17)29-4/h5-10,15H,11-14H2,1-4H3. The smallest absolute Gasteiger partial charge is 0.254 e. The molecule has 1 fully saturated rings. The minimum Gasteiger partial charge on any atom is -0.493 e. The van der Waals surface area contributed by atoms with E-state index in [-0.39, 0.29) is 11.8 Å². The van der Waals surface area contributed by atoms with Gasteiger partial charge in [-0.2, -0.15) is 0 Å². The van der Waals surface area contributed by atoms with Gasteiger partial charge >= 0.3 is 0 Å². The molecular formula is C22H27N3O4. The fourth-order valence-electron chi connectivity index (χ4n) is 3.35. The molecule has 0 unspecified atom stereocenters. The van der Waals surface area contributed by atoms with Gasteiger partial charge in [0.2, 0.25) is 0 Å². The summed E-state index contributed by atoms with van der Waals surface area (Å²) in [5.74, 6) is 1.02. The minimum absolute atomic E-state index is 0.00600. The van der Waals surface area contributed by atoms with Crippen molar-refractivity contribution in [1.82, 2.24) is 9.80 Å². The van der Waals surface area contributed by atoms with Gasteiger partial charge in [-0.3, -0.25) is 9.59 Å². The lowest BCUT2D eigenvalue weighted by atomic mass is 10.1. The fourth-order valence-corrected chi connectivity index (χ4v) is 3.35. The molecule has 1 saturated heterocycles. The molecule has 0 aromatic heterocycles. The predicted octanol–water partition coefficient (Wildman–Crippen LogP) is 2.37. The Hall–Kier alpha value is -3.22. The Balaban J connectivity index is 1.62. The van der Waals surface area contributed by atoms with Crippen LogP contribution in [0.3, 0.4) is 0 Å². The summed E-state index contributed by atoms with van der Waals surface area (Å²) in [6.45, 7) is 2.00. The number of nitrogens with zero attached hydrogens (tertiary/aromatic N) is 3. The number of carbonyl (C=O) groups excluding carboxylic acids is 2. The maximum Gasteiger partial charge on any atom is 0.254 e. The summed E-state index contributed by atoms with van der Waals surface area (Å²) in [4.78, 5) is 31.1. The van der Waals surface area contributed by atoms with E-state index in [1.165, 1.54) is 0 Å². The maximum atomic E-state index is 12.8. The third kappa shape index (κ3) is 4.45. The first-order valence-electron chi connectivity index (χ1n) is 9.52. The van der Waals surface area contributed by atoms with Gasteiger partial charge < -0.3 is 24.2 Å². The Labute approximate surface area is 171 Å². The second-order valence-electron chi connectivity index (χ2n) is 7.10. The van der Waals surface area contributed by atoms with Crippen molar-refractivity contribution in [3.05, 3.63) is 53.6 Å². The zero-order valence-electron chi connectivity index (χ0n) is 17.3. The van der Waals surface area contributed by atoms with Crippen LogP contribution in [0.25, 0.3) is 0 Å². The van der Waals surface area contributed by atoms with Crippen LogP contribution < -0.4 is 14.4 Å². The van der Waals surface area contributed by atoms with Crippen LogP contribution >= 0.6 is 0 Å². The molecule has 0 bridgehead atoms. The molecule has 3 rings (SSSR count). The molecule has 0 spiro atoms. The summed E-state index contributed by atoms with van der Waals surface area (Å²) in [5, 5.41) is 0. The Morgan fingerprint density at radius 2 is 1.24 bits per heavy atom. The van der Waals surface area contributed by atoms with Crippen molar-refractivity contribution in [1.29, 1.82) is 0 Å². The number of piperazine rings is 1. The van der Waals surface area contributed by atoms with Gasteiger partial charge in [0.05, 0.1) is 14.2 Å². The summed E-state index contributed by atoms with van der Waals surface area (Å²) < 4.78 is 10.5. The SMILES string of the molecule is COc1ccc(C(=O)N2CCN(C(=O)c3ccc(N(C)C)cc3)CC2)cc1OC. The molecule has 1 aliphatic rings. The predicted molar refractivity (Wildman–Crippen MR) is 112 cm³/mol. The van der Waals surface area contributed by atoms with Crippen LogP contribution in [0, 0.1) is 0 Å². The lowest BCUT2D eigenvalue weighted by Crippen LogP contribution is -2.50. The van der Waals surface area contributed by atoms with E-state index in [2.05, 4.69) is 0 Å². The van der Waals surface area contributed by atoms with Gasteiger partial charge in [0.1, 0.15) is 0 Å². The van der Waals surface area contributed by atoms with Gasteiger partial charge in [-0.25, -0.2) is 0 Å². The van der Waals surface area contributed by atoms with E-state index in [0.29, 0.717) is 48.8 Å². The summed E-state index contributed by atoms with van der Waals surface area (Å²) in [5.41, 5.74) is 2.25. The largest absolute Gasteiger partial charge is 0.493 e. The van der Waals surface area contributed by atoms with E-state index >= 15 is 0 Å². The second-order valence-corrected chi connectivity index (χ2v) is 7.10. The lowest BCUT2D eigenvalue weighted by Gasteiger charge is -2.35. The lowest BCUT2D eigenvalue weighted by molar-refractivity contribution is 0.0535. The number of benzene rings is 2. The highest BCUT2D eigenvalue weighted by atomic mass is 16.5. The van der Waals surface area contributed by atoms with Gasteiger partial charge in [-0.05, 0) is 42.5 Å². The molecule has 154 valence electrons. The summed E-state index contributed by atoms with van der Waals surface area (Å²) in [6, 6.07) is 12.7. The molecule has 29 heavy (non-hydrogen) atoms. The van der Waals surface area contributed by atoms with Crippen molar-refractivity contribution in [2.75, 3.05) is 59.4 Å². The first kappa shape index (κ1) is 20.5. The first-order valence-corrected chi connectivity index (χ1v) is 9.52. The number of ether oxygens (including phenoxy) is 2. The van der Waals surface area contributed by atoms with Gasteiger partial charge in [-0.1, -0.05) is 0 Å². The number of hydrogen-bond donors (Lipinski definition) is 0. The van der Waals surface area contributed by atoms with Crippen LogP contribution in [-0.2, 0) is 0 Å². The zero-order valence-corrected chi connectivity index (χ0v) is 17.3. The molecule has 0 radical (unpaired) electrons. The topological polar surface area (TPSA) is 62.3 Å². The van der Waals surface area contributed by atoms with Gasteiger partial charge in [-0.15, -0.1) is 0 Å². The van der Waals surface area contributed by atoms with Crippen LogP contribution in [0.5, 0.6) is 11.5 Å². The van der Waals surface area contributed by atoms with Crippen LogP contribution in [0.4, 0.5) is 5.69 Å². The van der Waals surface area contributed by atoms with Crippen LogP contribution in [0.2, 0.25) is 0 Å². The first-order chi connectivity index (χ1) is 13.9. The number of amides is 2. The fraction of sp³-hybridized carbons (Fsp3) is 0.364. The van der Waals surface area contributed by atoms with Crippen molar-refractivity contribution >= 4 is 17.5 Å². The average Bonchev–Trinajstić information content (AvgIpc) is 2.77. The number of rotatable bonds is 5. The minimum atomic E-state index is -0.0756. The molecule has 0 saturated carbocycles. The van der Waals surface area contributed by atoms with E-state index in [9.17, 15) is 9.59 Å². The molecule has 2 aromatic rings. The van der Waals surface area contributed by atoms with E-state index < -0.39 is 0 Å². The Morgan fingerprint density at radius 1 is 0.759 bits per heavy atom. The van der Waals surface area contributed by atoms with E-state index in [0.717, 1.165) is 5.69 Å². The second kappa shape index (κ2) is 8.86. The highest BCUT2D eigenvalue weighted by Gasteiger charge is 2.26. The van der Waals surface area contributed by atoms with Crippen molar-refractivity contribution in [2.45, 2.75) is 0 Å². The van der Waals surface area contributed by atoms with Crippen LogP contribution in [0.1, 0.15) is 20.7 Å². The van der Waals surface area contributed by atoms with E-state index in [1.807, 2.05) is 43.3 Å². The molecule has 0 atom stereocenters. The normalized spacial score (nSPS) is 13.8. The molecule has 1 aliphatic heterocycles. The summed E-state index contributed by atoms with van der Waals surface area (Å²) in [6.07, 6.45) is 0. The summed E-state index contributed by atoms with van der Waals surface area (Å²) in [7, 11) is 7.03. The monoisotopic (exact) mass is 397 g/mol. The zero-order chi connectivity index (χ0) is 21.0. The number of anilines is 1. The molecular weight excluding hydrogens is 370 g/mol.